The van der Waals surface area contributed by atoms with Gasteiger partial charge in [0.05, 0.1) is 0 Å². The van der Waals surface area contributed by atoms with Crippen molar-refractivity contribution in [1.82, 2.24) is 15.3 Å². The molecule has 2 saturated heterocycles. The normalized spacial score (nSPS) is 22.0. The number of rotatable bonds is 5. The predicted molar refractivity (Wildman–Crippen MR) is 116 cm³/mol. The highest BCUT2D eigenvalue weighted by Crippen LogP contribution is 2.39. The Balaban J connectivity index is 1.44. The van der Waals surface area contributed by atoms with Crippen LogP contribution in [0.5, 0.6) is 0 Å². The van der Waals surface area contributed by atoms with Crippen molar-refractivity contribution in [2.45, 2.75) is 44.1 Å². The van der Waals surface area contributed by atoms with Crippen molar-refractivity contribution in [2.75, 3.05) is 44.2 Å². The second-order valence-electron chi connectivity index (χ2n) is 8.58. The van der Waals surface area contributed by atoms with Gasteiger partial charge in [-0.3, -0.25) is 19.7 Å². The zero-order chi connectivity index (χ0) is 21.0. The zero-order valence-corrected chi connectivity index (χ0v) is 17.6. The van der Waals surface area contributed by atoms with Gasteiger partial charge in [-0.25, -0.2) is 5.48 Å². The molecule has 0 bridgehead atoms. The van der Waals surface area contributed by atoms with E-state index >= 15 is 0 Å². The lowest BCUT2D eigenvalue weighted by molar-refractivity contribution is -0.144. The van der Waals surface area contributed by atoms with Crippen molar-refractivity contribution in [3.8, 4) is 0 Å². The molecule has 0 atom stereocenters. The number of benzene rings is 1. The molecule has 7 heteroatoms. The molecule has 3 fully saturated rings. The monoisotopic (exact) mass is 412 g/mol. The molecular weight excluding hydrogens is 380 g/mol. The number of carbonyl (C=O) groups excluding carboxylic acids is 2. The molecule has 1 aliphatic carbocycles. The number of hydroxylamine groups is 1. The number of para-hydroxylation sites is 1. The van der Waals surface area contributed by atoms with Gasteiger partial charge in [-0.1, -0.05) is 31.0 Å². The Morgan fingerprint density at radius 2 is 1.60 bits per heavy atom. The molecule has 7 nitrogen and oxygen atoms in total. The molecule has 1 aromatic carbocycles. The fraction of sp³-hybridized carbons (Fsp3) is 0.565. The molecule has 0 aromatic heterocycles. The number of hydrogen-bond donors (Lipinski definition) is 2. The smallest absolute Gasteiger partial charge is 0.267 e. The summed E-state index contributed by atoms with van der Waals surface area (Å²) in [6.07, 6.45) is 9.77. The molecule has 0 spiro atoms. The van der Waals surface area contributed by atoms with Crippen LogP contribution in [-0.4, -0.2) is 71.6 Å². The highest BCUT2D eigenvalue weighted by Gasteiger charge is 2.48. The first-order valence-corrected chi connectivity index (χ1v) is 11.1. The summed E-state index contributed by atoms with van der Waals surface area (Å²) in [6.45, 7) is 5.13. The molecule has 162 valence electrons. The van der Waals surface area contributed by atoms with Crippen LogP contribution in [0.3, 0.4) is 0 Å². The minimum absolute atomic E-state index is 0.253. The van der Waals surface area contributed by atoms with Gasteiger partial charge in [0.25, 0.3) is 5.91 Å². The topological polar surface area (TPSA) is 76.1 Å². The molecule has 0 unspecified atom stereocenters. The Morgan fingerprint density at radius 3 is 2.27 bits per heavy atom. The summed E-state index contributed by atoms with van der Waals surface area (Å²) in [7, 11) is 0. The van der Waals surface area contributed by atoms with Gasteiger partial charge in [0.2, 0.25) is 5.91 Å². The maximum atomic E-state index is 13.6. The Hall–Kier alpha value is -2.38. The molecule has 0 radical (unpaired) electrons. The number of anilines is 1. The van der Waals surface area contributed by atoms with Crippen molar-refractivity contribution in [3.63, 3.8) is 0 Å². The number of hydrogen-bond acceptors (Lipinski definition) is 5. The molecular formula is C23H32N4O3. The summed E-state index contributed by atoms with van der Waals surface area (Å²) in [5.74, 6) is -0.210. The van der Waals surface area contributed by atoms with Crippen LogP contribution < -0.4 is 10.4 Å². The molecule has 4 rings (SSSR count). The van der Waals surface area contributed by atoms with E-state index < -0.39 is 5.91 Å². The standard InChI is InChI=1S/C23H32N4O3/c28-21(24-30)10-9-19-7-1-2-8-20(19)25-15-17-26(18-16-25)22(29)23(11-3-4-12-23)27-13-5-6-14-27/h1-2,7-10,30H,3-6,11-18H2,(H,24,28). The summed E-state index contributed by atoms with van der Waals surface area (Å²) in [5, 5.41) is 8.70. The maximum absolute atomic E-state index is 13.6. The van der Waals surface area contributed by atoms with E-state index in [0.29, 0.717) is 5.91 Å². The highest BCUT2D eigenvalue weighted by atomic mass is 16.5. The molecule has 2 aliphatic heterocycles. The molecule has 1 saturated carbocycles. The van der Waals surface area contributed by atoms with Crippen LogP contribution in [0.25, 0.3) is 6.08 Å². The fourth-order valence-corrected chi connectivity index (χ4v) is 5.33. The largest absolute Gasteiger partial charge is 0.367 e. The number of amides is 2. The van der Waals surface area contributed by atoms with E-state index in [9.17, 15) is 9.59 Å². The lowest BCUT2D eigenvalue weighted by Crippen LogP contribution is -2.60. The minimum atomic E-state index is -0.552. The predicted octanol–water partition coefficient (Wildman–Crippen LogP) is 2.26. The van der Waals surface area contributed by atoms with E-state index in [1.165, 1.54) is 18.9 Å². The van der Waals surface area contributed by atoms with E-state index in [2.05, 4.69) is 14.7 Å². The first-order chi connectivity index (χ1) is 14.6. The van der Waals surface area contributed by atoms with Crippen molar-refractivity contribution in [2.24, 2.45) is 0 Å². The van der Waals surface area contributed by atoms with Crippen LogP contribution in [-0.2, 0) is 9.59 Å². The van der Waals surface area contributed by atoms with Gasteiger partial charge in [-0.15, -0.1) is 0 Å². The highest BCUT2D eigenvalue weighted by molar-refractivity contribution is 5.92. The number of likely N-dealkylation sites (tertiary alicyclic amines) is 1. The summed E-state index contributed by atoms with van der Waals surface area (Å²) in [6, 6.07) is 7.91. The van der Waals surface area contributed by atoms with E-state index in [4.69, 9.17) is 5.21 Å². The third-order valence-corrected chi connectivity index (χ3v) is 6.91. The van der Waals surface area contributed by atoms with Gasteiger partial charge >= 0.3 is 0 Å². The lowest BCUT2D eigenvalue weighted by atomic mass is 9.92. The van der Waals surface area contributed by atoms with E-state index in [1.54, 1.807) is 11.6 Å². The minimum Gasteiger partial charge on any atom is -0.367 e. The summed E-state index contributed by atoms with van der Waals surface area (Å²) in [5.41, 5.74) is 3.33. The SMILES string of the molecule is O=C(C=Cc1ccccc1N1CCN(C(=O)C2(N3CCCC3)CCCC2)CC1)NO. The first-order valence-electron chi connectivity index (χ1n) is 11.1. The third kappa shape index (κ3) is 4.09. The molecule has 30 heavy (non-hydrogen) atoms. The van der Waals surface area contributed by atoms with Gasteiger partial charge in [0.1, 0.15) is 5.54 Å². The van der Waals surface area contributed by atoms with Crippen LogP contribution >= 0.6 is 0 Å². The number of piperazine rings is 1. The Morgan fingerprint density at radius 1 is 0.933 bits per heavy atom. The third-order valence-electron chi connectivity index (χ3n) is 6.91. The van der Waals surface area contributed by atoms with Gasteiger partial charge in [0.15, 0.2) is 0 Å². The Labute approximate surface area is 178 Å². The van der Waals surface area contributed by atoms with Crippen molar-refractivity contribution in [3.05, 3.63) is 35.9 Å². The maximum Gasteiger partial charge on any atom is 0.267 e. The van der Waals surface area contributed by atoms with Crippen LogP contribution in [0, 0.1) is 0 Å². The molecule has 2 N–H and O–H groups in total. The van der Waals surface area contributed by atoms with E-state index in [1.807, 2.05) is 24.3 Å². The summed E-state index contributed by atoms with van der Waals surface area (Å²) in [4.78, 5) is 31.8. The Bertz CT molecular complexity index is 789. The lowest BCUT2D eigenvalue weighted by Gasteiger charge is -2.44. The molecule has 2 amide bonds. The number of nitrogens with zero attached hydrogens (tertiary/aromatic N) is 3. The summed E-state index contributed by atoms with van der Waals surface area (Å²) >= 11 is 0. The second kappa shape index (κ2) is 9.18. The van der Waals surface area contributed by atoms with Gasteiger partial charge in [-0.05, 0) is 56.5 Å². The number of nitrogens with one attached hydrogen (secondary N) is 1. The average molecular weight is 413 g/mol. The molecule has 3 aliphatic rings. The van der Waals surface area contributed by atoms with Gasteiger partial charge in [0, 0.05) is 37.9 Å². The van der Waals surface area contributed by atoms with Gasteiger partial charge < -0.3 is 9.80 Å². The van der Waals surface area contributed by atoms with Crippen molar-refractivity contribution < 1.29 is 14.8 Å². The zero-order valence-electron chi connectivity index (χ0n) is 17.6. The second-order valence-corrected chi connectivity index (χ2v) is 8.58. The first kappa shape index (κ1) is 20.9. The van der Waals surface area contributed by atoms with Crippen LogP contribution in [0.1, 0.15) is 44.1 Å². The van der Waals surface area contributed by atoms with E-state index in [0.717, 1.165) is 76.2 Å². The van der Waals surface area contributed by atoms with Gasteiger partial charge in [-0.2, -0.15) is 0 Å². The number of carbonyl (C=O) groups is 2. The van der Waals surface area contributed by atoms with Crippen LogP contribution in [0.4, 0.5) is 5.69 Å². The molecule has 1 aromatic rings. The van der Waals surface area contributed by atoms with Crippen LogP contribution in [0.2, 0.25) is 0 Å². The van der Waals surface area contributed by atoms with E-state index in [-0.39, 0.29) is 5.54 Å². The van der Waals surface area contributed by atoms with Crippen LogP contribution in [0.15, 0.2) is 30.3 Å². The van der Waals surface area contributed by atoms with Crippen molar-refractivity contribution in [1.29, 1.82) is 0 Å². The fourth-order valence-electron chi connectivity index (χ4n) is 5.33. The molecule has 2 heterocycles. The average Bonchev–Trinajstić information content (AvgIpc) is 3.50. The quantitative estimate of drug-likeness (QED) is 0.441. The Kier molecular flexibility index (Phi) is 6.39. The van der Waals surface area contributed by atoms with Crippen molar-refractivity contribution >= 4 is 23.6 Å². The summed E-state index contributed by atoms with van der Waals surface area (Å²) < 4.78 is 0.